The number of ether oxygens (including phenoxy) is 2. The van der Waals surface area contributed by atoms with E-state index in [-0.39, 0.29) is 23.0 Å². The van der Waals surface area contributed by atoms with Gasteiger partial charge in [0.1, 0.15) is 17.5 Å². The number of nitrogens with zero attached hydrogens (tertiary/aromatic N) is 3. The second kappa shape index (κ2) is 16.4. The van der Waals surface area contributed by atoms with Crippen LogP contribution < -0.4 is 5.32 Å². The van der Waals surface area contributed by atoms with E-state index in [4.69, 9.17) is 9.47 Å². The average molecular weight is 675 g/mol. The molecule has 4 fully saturated rings. The number of aldehydes is 1. The van der Waals surface area contributed by atoms with E-state index in [9.17, 15) is 14.4 Å². The standard InChI is InChI=1S/C20H33N3O2S.C17H29NO3/c1-19(2,3)25-18(24)23-12-9-20(10-13-23,16-7-5-4-6-8-16)15-22-17-21-11-14-26-17;1-16(2,3)21-15(20)18-11-9-17(13-19,10-12-18)14-7-5-4-6-8-14/h11,14,16H,4-10,12-13,15H2,1-3H3,(H,21,22);13-14H,4-12H2,1-3H3. The number of likely N-dealkylation sites (tertiary alicyclic amines) is 2. The topological polar surface area (TPSA) is 101 Å². The van der Waals surface area contributed by atoms with Gasteiger partial charge in [0.25, 0.3) is 0 Å². The van der Waals surface area contributed by atoms with Crippen molar-refractivity contribution in [2.24, 2.45) is 22.7 Å². The maximum Gasteiger partial charge on any atom is 0.410 e. The monoisotopic (exact) mass is 674 g/mol. The predicted octanol–water partition coefficient (Wildman–Crippen LogP) is 8.94. The summed E-state index contributed by atoms with van der Waals surface area (Å²) in [4.78, 5) is 44.3. The Labute approximate surface area is 287 Å². The van der Waals surface area contributed by atoms with Crippen molar-refractivity contribution in [2.45, 2.75) is 143 Å². The third-order valence-electron chi connectivity index (χ3n) is 10.9. The molecule has 266 valence electrons. The first-order valence-electron chi connectivity index (χ1n) is 18.3. The van der Waals surface area contributed by atoms with E-state index in [1.165, 1.54) is 70.5 Å². The molecule has 2 aliphatic carbocycles. The van der Waals surface area contributed by atoms with E-state index < -0.39 is 11.2 Å². The molecular formula is C37H62N4O5S. The van der Waals surface area contributed by atoms with Gasteiger partial charge in [0.2, 0.25) is 0 Å². The first kappa shape index (κ1) is 37.5. The molecule has 1 N–H and O–H groups in total. The minimum Gasteiger partial charge on any atom is -0.444 e. The SMILES string of the molecule is CC(C)(C)OC(=O)N1CCC(C=O)(C2CCCCC2)CC1.CC(C)(C)OC(=O)N1CCC(CNc2nccs2)(C2CCCCC2)CC1. The Kier molecular flexibility index (Phi) is 13.0. The molecular weight excluding hydrogens is 612 g/mol. The molecule has 0 unspecified atom stereocenters. The summed E-state index contributed by atoms with van der Waals surface area (Å²) in [6.45, 7) is 15.3. The third kappa shape index (κ3) is 10.8. The van der Waals surface area contributed by atoms with Gasteiger partial charge in [0, 0.05) is 49.7 Å². The molecule has 4 aliphatic rings. The molecule has 0 spiro atoms. The lowest BCUT2D eigenvalue weighted by Crippen LogP contribution is -2.50. The van der Waals surface area contributed by atoms with Crippen LogP contribution in [0.1, 0.15) is 131 Å². The van der Waals surface area contributed by atoms with Gasteiger partial charge in [0.15, 0.2) is 5.13 Å². The Morgan fingerprint density at radius 1 is 0.809 bits per heavy atom. The fourth-order valence-corrected chi connectivity index (χ4v) is 8.73. The summed E-state index contributed by atoms with van der Waals surface area (Å²) in [6.07, 6.45) is 19.2. The Balaban J connectivity index is 0.000000218. The number of carbonyl (C=O) groups excluding carboxylic acids is 3. The van der Waals surface area contributed by atoms with E-state index in [1.54, 1.807) is 16.2 Å². The molecule has 0 bridgehead atoms. The molecule has 2 saturated carbocycles. The van der Waals surface area contributed by atoms with E-state index >= 15 is 0 Å². The average Bonchev–Trinajstić information content (AvgIpc) is 3.58. The number of carbonyl (C=O) groups is 3. The van der Waals surface area contributed by atoms with Crippen LogP contribution in [-0.2, 0) is 14.3 Å². The van der Waals surface area contributed by atoms with E-state index in [1.807, 2.05) is 58.0 Å². The number of rotatable bonds is 6. The lowest BCUT2D eigenvalue weighted by molar-refractivity contribution is -0.123. The van der Waals surface area contributed by atoms with Gasteiger partial charge in [-0.3, -0.25) is 0 Å². The van der Waals surface area contributed by atoms with Crippen molar-refractivity contribution in [1.29, 1.82) is 0 Å². The van der Waals surface area contributed by atoms with Crippen molar-refractivity contribution in [3.63, 3.8) is 0 Å². The van der Waals surface area contributed by atoms with Crippen molar-refractivity contribution in [2.75, 3.05) is 38.0 Å². The van der Waals surface area contributed by atoms with Gasteiger partial charge < -0.3 is 29.4 Å². The van der Waals surface area contributed by atoms with Crippen molar-refractivity contribution in [3.8, 4) is 0 Å². The van der Waals surface area contributed by atoms with Crippen LogP contribution in [0.4, 0.5) is 14.7 Å². The summed E-state index contributed by atoms with van der Waals surface area (Å²) in [5.74, 6) is 1.27. The van der Waals surface area contributed by atoms with E-state index in [0.717, 1.165) is 56.4 Å². The Morgan fingerprint density at radius 3 is 1.70 bits per heavy atom. The van der Waals surface area contributed by atoms with Crippen molar-refractivity contribution < 1.29 is 23.9 Å². The van der Waals surface area contributed by atoms with Gasteiger partial charge in [-0.15, -0.1) is 11.3 Å². The van der Waals surface area contributed by atoms with Crippen LogP contribution in [0.5, 0.6) is 0 Å². The zero-order valence-corrected chi connectivity index (χ0v) is 30.9. The molecule has 0 aromatic carbocycles. The molecule has 47 heavy (non-hydrogen) atoms. The van der Waals surface area contributed by atoms with Crippen molar-refractivity contribution in [3.05, 3.63) is 11.6 Å². The molecule has 2 amide bonds. The van der Waals surface area contributed by atoms with Gasteiger partial charge in [-0.2, -0.15) is 0 Å². The molecule has 1 aromatic heterocycles. The molecule has 2 saturated heterocycles. The summed E-state index contributed by atoms with van der Waals surface area (Å²) in [5.41, 5.74) is -0.815. The normalized spacial score (nSPS) is 22.4. The van der Waals surface area contributed by atoms with Gasteiger partial charge in [0.05, 0.1) is 0 Å². The van der Waals surface area contributed by atoms with Crippen LogP contribution in [-0.4, -0.2) is 77.2 Å². The number of piperidine rings is 2. The smallest absolute Gasteiger partial charge is 0.410 e. The maximum atomic E-state index is 12.4. The quantitative estimate of drug-likeness (QED) is 0.301. The zero-order chi connectivity index (χ0) is 34.1. The molecule has 9 nitrogen and oxygen atoms in total. The highest BCUT2D eigenvalue weighted by Crippen LogP contribution is 2.47. The number of anilines is 1. The lowest BCUT2D eigenvalue weighted by Gasteiger charge is -2.48. The fraction of sp³-hybridized carbons (Fsp3) is 0.838. The van der Waals surface area contributed by atoms with Crippen LogP contribution in [0.3, 0.4) is 0 Å². The molecule has 3 heterocycles. The maximum absolute atomic E-state index is 12.4. The Hall–Kier alpha value is -2.36. The Morgan fingerprint density at radius 2 is 1.28 bits per heavy atom. The fourth-order valence-electron chi connectivity index (χ4n) is 8.20. The highest BCUT2D eigenvalue weighted by Gasteiger charge is 2.44. The molecule has 5 rings (SSSR count). The molecule has 10 heteroatoms. The summed E-state index contributed by atoms with van der Waals surface area (Å²) in [5, 5.41) is 6.61. The Bertz CT molecular complexity index is 1120. The molecule has 2 aliphatic heterocycles. The molecule has 0 atom stereocenters. The van der Waals surface area contributed by atoms with Crippen LogP contribution in [0, 0.1) is 22.7 Å². The van der Waals surface area contributed by atoms with Crippen molar-refractivity contribution in [1.82, 2.24) is 14.8 Å². The van der Waals surface area contributed by atoms with Crippen LogP contribution in [0.15, 0.2) is 11.6 Å². The number of hydrogen-bond donors (Lipinski definition) is 1. The second-order valence-corrected chi connectivity index (χ2v) is 17.4. The molecule has 0 radical (unpaired) electrons. The minimum absolute atomic E-state index is 0.164. The van der Waals surface area contributed by atoms with Gasteiger partial charge in [-0.1, -0.05) is 38.5 Å². The highest BCUT2D eigenvalue weighted by molar-refractivity contribution is 7.13. The third-order valence-corrected chi connectivity index (χ3v) is 11.6. The van der Waals surface area contributed by atoms with Gasteiger partial charge >= 0.3 is 12.2 Å². The number of nitrogens with one attached hydrogen (secondary N) is 1. The first-order chi connectivity index (χ1) is 22.2. The van der Waals surface area contributed by atoms with E-state index in [0.29, 0.717) is 19.0 Å². The lowest BCUT2D eigenvalue weighted by atomic mass is 9.63. The number of amides is 2. The van der Waals surface area contributed by atoms with Crippen LogP contribution >= 0.6 is 11.3 Å². The van der Waals surface area contributed by atoms with Gasteiger partial charge in [-0.25, -0.2) is 14.6 Å². The summed E-state index contributed by atoms with van der Waals surface area (Å²) in [6, 6.07) is 0. The second-order valence-electron chi connectivity index (χ2n) is 16.5. The minimum atomic E-state index is -0.459. The first-order valence-corrected chi connectivity index (χ1v) is 19.2. The molecule has 1 aromatic rings. The predicted molar refractivity (Wildman–Crippen MR) is 189 cm³/mol. The summed E-state index contributed by atoms with van der Waals surface area (Å²) < 4.78 is 11.0. The zero-order valence-electron chi connectivity index (χ0n) is 30.1. The number of thiazole rings is 1. The summed E-state index contributed by atoms with van der Waals surface area (Å²) in [7, 11) is 0. The van der Waals surface area contributed by atoms with E-state index in [2.05, 4.69) is 10.3 Å². The highest BCUT2D eigenvalue weighted by atomic mass is 32.1. The summed E-state index contributed by atoms with van der Waals surface area (Å²) >= 11 is 1.66. The van der Waals surface area contributed by atoms with Crippen LogP contribution in [0.2, 0.25) is 0 Å². The van der Waals surface area contributed by atoms with Crippen LogP contribution in [0.25, 0.3) is 0 Å². The van der Waals surface area contributed by atoms with Crippen molar-refractivity contribution >= 4 is 34.9 Å². The number of aromatic nitrogens is 1. The number of hydrogen-bond acceptors (Lipinski definition) is 8. The van der Waals surface area contributed by atoms with Gasteiger partial charge in [-0.05, 0) is 110 Å². The largest absolute Gasteiger partial charge is 0.444 e.